The zero-order chi connectivity index (χ0) is 48.8. The molecule has 2 aromatic carbocycles. The Morgan fingerprint density at radius 1 is 0.710 bits per heavy atom. The van der Waals surface area contributed by atoms with E-state index >= 15 is 0 Å². The molecule has 0 saturated carbocycles. The van der Waals surface area contributed by atoms with Crippen molar-refractivity contribution in [2.24, 2.45) is 23.7 Å². The summed E-state index contributed by atoms with van der Waals surface area (Å²) in [5, 5.41) is 24.7. The monoisotopic (exact) mass is 1080 g/mol. The minimum absolute atomic E-state index is 0.0961. The molecule has 11 heterocycles. The maximum absolute atomic E-state index is 13.6. The van der Waals surface area contributed by atoms with Crippen LogP contribution in [0.5, 0.6) is 0 Å². The van der Waals surface area contributed by atoms with Crippen LogP contribution in [0.15, 0.2) is 86.2 Å². The molecule has 12 heteroatoms. The van der Waals surface area contributed by atoms with E-state index in [-0.39, 0.29) is 22.6 Å². The van der Waals surface area contributed by atoms with Crippen LogP contribution in [0, 0.1) is 29.5 Å². The van der Waals surface area contributed by atoms with Crippen molar-refractivity contribution in [2.45, 2.75) is 123 Å². The number of quaternary nitrogens is 2. The number of piperidine rings is 6. The Bertz CT molecular complexity index is 2310. The van der Waals surface area contributed by atoms with Gasteiger partial charge < -0.3 is 5.11 Å². The Hall–Kier alpha value is -2.55. The summed E-state index contributed by atoms with van der Waals surface area (Å²) in [4.78, 5) is 13.9. The summed E-state index contributed by atoms with van der Waals surface area (Å²) in [6.07, 6.45) is 19.2. The number of nitrogens with zero attached hydrogens (tertiary/aromatic N) is 6. The van der Waals surface area contributed by atoms with Crippen LogP contribution >= 0.6 is 11.6 Å². The summed E-state index contributed by atoms with van der Waals surface area (Å²) >= 11 is 3.30. The van der Waals surface area contributed by atoms with E-state index in [1.165, 1.54) is 82.2 Å². The van der Waals surface area contributed by atoms with E-state index < -0.39 is 30.6 Å². The van der Waals surface area contributed by atoms with Gasteiger partial charge in [0.15, 0.2) is 25.6 Å². The Balaban J connectivity index is 0.000000160. The first-order valence-electron chi connectivity index (χ1n) is 26.9. The Kier molecular flexibility index (Phi) is 18.0. The Morgan fingerprint density at radius 2 is 1.17 bits per heavy atom. The van der Waals surface area contributed by atoms with E-state index in [2.05, 4.69) is 85.1 Å². The van der Waals surface area contributed by atoms with Gasteiger partial charge in [-0.3, -0.25) is 14.4 Å². The van der Waals surface area contributed by atoms with E-state index in [4.69, 9.17) is 16.6 Å². The number of aromatic nitrogens is 2. The first-order valence-corrected chi connectivity index (χ1v) is 34.9. The molecule has 2 aromatic heterocycles. The van der Waals surface area contributed by atoms with Crippen LogP contribution in [-0.2, 0) is 0 Å². The molecule has 8 nitrogen and oxygen atoms in total. The summed E-state index contributed by atoms with van der Waals surface area (Å²) in [5.74, 6) is 2.08. The van der Waals surface area contributed by atoms with Crippen molar-refractivity contribution in [1.82, 2.24) is 19.8 Å². The summed E-state index contributed by atoms with van der Waals surface area (Å²) in [5.41, 5.74) is 3.66. The molecule has 9 aliphatic rings. The van der Waals surface area contributed by atoms with Gasteiger partial charge in [0.2, 0.25) is 0 Å². The van der Waals surface area contributed by atoms with Crippen LogP contribution in [0.3, 0.4) is 0 Å². The average molecular weight is 1080 g/mol. The normalized spacial score (nSPS) is 31.1. The molecule has 9 aliphatic heterocycles. The van der Waals surface area contributed by atoms with E-state index in [9.17, 15) is 19.1 Å². The first-order chi connectivity index (χ1) is 33.4. The SMILES string of the molecule is C=CC1CN2CCC1CC2[C@H](O)c1ccnc2cc[c]([Sn]([CH2]CCC)([CH2]CCC)[CH2]CCC)cc12.C=CC1CN2CCC1CC2[C@H](O)c1ccnc2ccc(F)cc12.F[N+]12CC[N+](CCl)(CC1)CC2. The molecule has 376 valence electrons. The van der Waals surface area contributed by atoms with E-state index in [1.54, 1.807) is 15.8 Å². The van der Waals surface area contributed by atoms with Gasteiger partial charge in [-0.2, -0.15) is 0 Å². The maximum Gasteiger partial charge on any atom is 0.164 e. The second kappa shape index (κ2) is 23.5. The van der Waals surface area contributed by atoms with Gasteiger partial charge in [0.1, 0.15) is 25.5 Å². The fraction of sp³-hybridized carbons (Fsp3) is 0.614. The van der Waals surface area contributed by atoms with Crippen molar-refractivity contribution < 1.29 is 28.3 Å². The molecule has 9 saturated heterocycles. The van der Waals surface area contributed by atoms with E-state index in [0.717, 1.165) is 85.3 Å². The van der Waals surface area contributed by atoms with Gasteiger partial charge in [-0.05, 0) is 65.5 Å². The molecule has 0 radical (unpaired) electrons. The third-order valence-corrected chi connectivity index (χ3v) is 34.1. The molecule has 2 N–H and O–H groups in total. The number of aliphatic hydroxyl groups excluding tert-OH is 2. The number of hydrogen-bond donors (Lipinski definition) is 2. The number of fused-ring (bicyclic) bond motifs is 11. The minimum Gasteiger partial charge on any atom is -0.387 e. The van der Waals surface area contributed by atoms with Crippen molar-refractivity contribution in [3.05, 3.63) is 103 Å². The van der Waals surface area contributed by atoms with Gasteiger partial charge in [0, 0.05) is 24.2 Å². The largest absolute Gasteiger partial charge is 0.387 e. The molecule has 13 rings (SSSR count). The van der Waals surface area contributed by atoms with E-state index in [0.29, 0.717) is 54.7 Å². The number of pyridine rings is 2. The average Bonchev–Trinajstić information content (AvgIpc) is 3.40. The number of hydrogen-bond acceptors (Lipinski definition) is 6. The van der Waals surface area contributed by atoms with Crippen molar-refractivity contribution in [1.29, 1.82) is 0 Å². The van der Waals surface area contributed by atoms with Crippen LogP contribution in [0.1, 0.15) is 108 Å². The molecule has 4 aromatic rings. The van der Waals surface area contributed by atoms with Gasteiger partial charge in [-0.1, -0.05) is 17.7 Å². The summed E-state index contributed by atoms with van der Waals surface area (Å²) < 4.78 is 34.0. The molecule has 69 heavy (non-hydrogen) atoms. The number of halogens is 3. The van der Waals surface area contributed by atoms with Crippen molar-refractivity contribution >= 4 is 55.4 Å². The topological polar surface area (TPSA) is 72.7 Å². The molecule has 0 amide bonds. The number of benzene rings is 2. The molecule has 0 aliphatic carbocycles. The molecular formula is C57H83ClF2N6O2Sn+2. The third kappa shape index (κ3) is 11.6. The summed E-state index contributed by atoms with van der Waals surface area (Å²) in [7, 11) is 0. The van der Waals surface area contributed by atoms with Gasteiger partial charge in [0.25, 0.3) is 0 Å². The summed E-state index contributed by atoms with van der Waals surface area (Å²) in [6, 6.07) is 16.7. The Labute approximate surface area is 421 Å². The fourth-order valence-electron chi connectivity index (χ4n) is 13.4. The van der Waals surface area contributed by atoms with Crippen molar-refractivity contribution in [2.75, 3.05) is 71.5 Å². The zero-order valence-electron chi connectivity index (χ0n) is 42.1. The number of alkyl halides is 1. The Morgan fingerprint density at radius 3 is 1.59 bits per heavy atom. The van der Waals surface area contributed by atoms with Crippen LogP contribution in [0.25, 0.3) is 21.8 Å². The second-order valence-electron chi connectivity index (χ2n) is 22.0. The van der Waals surface area contributed by atoms with Gasteiger partial charge in [-0.15, -0.1) is 11.3 Å². The number of rotatable bonds is 17. The summed E-state index contributed by atoms with van der Waals surface area (Å²) in [6.45, 7) is 24.0. The van der Waals surface area contributed by atoms with Gasteiger partial charge in [0.05, 0.1) is 11.6 Å². The first kappa shape index (κ1) is 52.8. The second-order valence-corrected chi connectivity index (χ2v) is 35.5. The number of aliphatic hydroxyl groups is 2. The minimum atomic E-state index is -2.55. The number of unbranched alkanes of at least 4 members (excludes halogenated alkanes) is 3. The third-order valence-electron chi connectivity index (χ3n) is 18.0. The predicted molar refractivity (Wildman–Crippen MR) is 283 cm³/mol. The molecule has 0 spiro atoms. The molecule has 8 unspecified atom stereocenters. The predicted octanol–water partition coefficient (Wildman–Crippen LogP) is 11.3. The number of piperazine rings is 3. The molecular weight excluding hydrogens is 993 g/mol. The zero-order valence-corrected chi connectivity index (χ0v) is 45.8. The van der Waals surface area contributed by atoms with Crippen LogP contribution in [0.2, 0.25) is 13.3 Å². The molecule has 10 atom stereocenters. The fourth-order valence-corrected chi connectivity index (χ4v) is 29.7. The van der Waals surface area contributed by atoms with Crippen LogP contribution in [0.4, 0.5) is 8.87 Å². The quantitative estimate of drug-likeness (QED) is 0.0274. The maximum atomic E-state index is 13.6. The van der Waals surface area contributed by atoms with Gasteiger partial charge in [-0.25, -0.2) is 4.39 Å². The van der Waals surface area contributed by atoms with Crippen LogP contribution < -0.4 is 3.58 Å². The molecule has 9 fully saturated rings. The standard InChI is InChI=1S/C19H21FN2O.C19H21N2O.C7H14ClFN2.3C4H9.Sn/c1-2-12-11-22-8-6-13(12)9-18(22)19(23)15-5-7-21-17-4-3-14(20)10-16(15)17;1-2-13-12-21-10-8-14(13)11-18(21)19(22)16-7-9-20-17-6-4-3-5-15(16)17;8-7-10-1-4-11(9,5-2-10)6-3-10;3*1-3-4-2;/h2-5,7,10,12-13,18-19,23H,1,6,8-9,11H2;2,4-7,9,13-14,18-19,22H,1,8,10-12H2;1-7H2;3*1,3-4H2,2H3;/q;;+2;;;;/t12?,13?,18?,19-;13?,14?,18?,19-;;;;;/m11...../s1. The van der Waals surface area contributed by atoms with E-state index in [1.807, 2.05) is 12.3 Å². The van der Waals surface area contributed by atoms with Crippen molar-refractivity contribution in [3.8, 4) is 0 Å². The molecule has 6 bridgehead atoms. The smallest absolute Gasteiger partial charge is 0.164 e. The van der Waals surface area contributed by atoms with Crippen molar-refractivity contribution in [3.63, 3.8) is 0 Å². The van der Waals surface area contributed by atoms with Gasteiger partial charge >= 0.3 is 219 Å². The van der Waals surface area contributed by atoms with Crippen LogP contribution in [-0.4, -0.2) is 141 Å².